The number of urea groups is 1. The van der Waals surface area contributed by atoms with Crippen molar-refractivity contribution in [1.82, 2.24) is 10.2 Å². The van der Waals surface area contributed by atoms with Crippen LogP contribution in [0.2, 0.25) is 6.04 Å². The predicted molar refractivity (Wildman–Crippen MR) is 65.7 cm³/mol. The van der Waals surface area contributed by atoms with Crippen LogP contribution in [-0.4, -0.2) is 44.8 Å². The molecule has 1 fully saturated rings. The highest BCUT2D eigenvalue weighted by Gasteiger charge is 2.44. The first-order valence-electron chi connectivity index (χ1n) is 5.87. The Hall–Kier alpha value is -0.883. The van der Waals surface area contributed by atoms with Gasteiger partial charge in [0, 0.05) is 12.6 Å². The molecular weight excluding hydrogens is 236 g/mol. The molecule has 96 valence electrons. The van der Waals surface area contributed by atoms with Crippen molar-refractivity contribution in [3.8, 4) is 0 Å². The Bertz CT molecular complexity index is 305. The van der Waals surface area contributed by atoms with E-state index < -0.39 is 5.54 Å². The maximum atomic E-state index is 11.5. The molecule has 0 aliphatic carbocycles. The van der Waals surface area contributed by atoms with Gasteiger partial charge in [-0.05, 0) is 40.2 Å². The summed E-state index contributed by atoms with van der Waals surface area (Å²) in [5.74, 6) is -0.219. The smallest absolute Gasteiger partial charge is 0.324 e. The first kappa shape index (κ1) is 14.2. The molecule has 0 aromatic heterocycles. The van der Waals surface area contributed by atoms with E-state index in [0.29, 0.717) is 16.3 Å². The van der Waals surface area contributed by atoms with Crippen LogP contribution in [0.4, 0.5) is 4.79 Å². The molecule has 0 spiro atoms. The molecule has 1 saturated heterocycles. The minimum atomic E-state index is -0.723. The quantitative estimate of drug-likeness (QED) is 0.441. The second-order valence-electron chi connectivity index (χ2n) is 4.88. The van der Waals surface area contributed by atoms with Gasteiger partial charge in [-0.15, -0.1) is 0 Å². The van der Waals surface area contributed by atoms with Crippen LogP contribution in [0.5, 0.6) is 0 Å². The van der Waals surface area contributed by atoms with Crippen LogP contribution in [0.15, 0.2) is 0 Å². The predicted octanol–water partition coefficient (Wildman–Crippen LogP) is 1.17. The van der Waals surface area contributed by atoms with E-state index in [0.717, 1.165) is 12.5 Å². The summed E-state index contributed by atoms with van der Waals surface area (Å²) in [6.07, 6.45) is 1.11. The fraction of sp³-hybridized carbons (Fsp3) is 0.818. The first-order chi connectivity index (χ1) is 7.85. The highest BCUT2D eigenvalue weighted by atomic mass is 28.2. The lowest BCUT2D eigenvalue weighted by Gasteiger charge is -2.27. The van der Waals surface area contributed by atoms with E-state index in [1.54, 1.807) is 18.7 Å². The molecular formula is C11H20N2O3Si. The lowest BCUT2D eigenvalue weighted by molar-refractivity contribution is -0.125. The molecule has 2 radical (unpaired) electrons. The number of carbonyl (C=O) groups is 2. The largest absolute Gasteiger partial charge is 0.415 e. The van der Waals surface area contributed by atoms with Gasteiger partial charge in [0.1, 0.15) is 5.54 Å². The van der Waals surface area contributed by atoms with Crippen LogP contribution in [0.1, 0.15) is 34.1 Å². The number of carbonyl (C=O) groups excluding carboxylic acids is 2. The van der Waals surface area contributed by atoms with Gasteiger partial charge >= 0.3 is 6.03 Å². The Morgan fingerprint density at radius 1 is 1.41 bits per heavy atom. The molecule has 0 bridgehead atoms. The van der Waals surface area contributed by atoms with Crippen molar-refractivity contribution in [2.75, 3.05) is 6.54 Å². The highest BCUT2D eigenvalue weighted by molar-refractivity contribution is 6.27. The van der Waals surface area contributed by atoms with Crippen LogP contribution in [0.25, 0.3) is 0 Å². The minimum Gasteiger partial charge on any atom is -0.415 e. The summed E-state index contributed by atoms with van der Waals surface area (Å²) in [5.41, 5.74) is -0.723. The van der Waals surface area contributed by atoms with Crippen molar-refractivity contribution in [3.05, 3.63) is 0 Å². The summed E-state index contributed by atoms with van der Waals surface area (Å²) in [7, 11) is 0.460. The molecule has 1 aliphatic rings. The Labute approximate surface area is 105 Å². The van der Waals surface area contributed by atoms with Crippen LogP contribution in [-0.2, 0) is 9.22 Å². The van der Waals surface area contributed by atoms with Gasteiger partial charge in [0.05, 0.1) is 0 Å². The number of nitrogens with zero attached hydrogens (tertiary/aromatic N) is 1. The highest BCUT2D eigenvalue weighted by Crippen LogP contribution is 2.21. The molecule has 0 aromatic rings. The van der Waals surface area contributed by atoms with E-state index in [1.807, 2.05) is 13.8 Å². The molecule has 1 heterocycles. The molecule has 1 rings (SSSR count). The number of hydrogen-bond donors (Lipinski definition) is 1. The summed E-state index contributed by atoms with van der Waals surface area (Å²) in [6, 6.07) is 0.639. The lowest BCUT2D eigenvalue weighted by atomic mass is 10.0. The first-order valence-corrected chi connectivity index (χ1v) is 6.99. The monoisotopic (exact) mass is 256 g/mol. The van der Waals surface area contributed by atoms with Crippen LogP contribution >= 0.6 is 0 Å². The van der Waals surface area contributed by atoms with Crippen molar-refractivity contribution in [1.29, 1.82) is 0 Å². The maximum Gasteiger partial charge on any atom is 0.324 e. The van der Waals surface area contributed by atoms with Crippen molar-refractivity contribution >= 4 is 21.7 Å². The summed E-state index contributed by atoms with van der Waals surface area (Å²) < 4.78 is 5.45. The van der Waals surface area contributed by atoms with Gasteiger partial charge < -0.3 is 9.33 Å². The van der Waals surface area contributed by atoms with Crippen molar-refractivity contribution in [2.45, 2.75) is 51.8 Å². The number of imide groups is 1. The zero-order valence-electron chi connectivity index (χ0n) is 10.9. The third-order valence-electron chi connectivity index (χ3n) is 2.68. The zero-order chi connectivity index (χ0) is 13.1. The van der Waals surface area contributed by atoms with Gasteiger partial charge in [-0.3, -0.25) is 10.1 Å². The fourth-order valence-electron chi connectivity index (χ4n) is 1.61. The summed E-state index contributed by atoms with van der Waals surface area (Å²) in [5, 5.41) is 2.34. The molecule has 17 heavy (non-hydrogen) atoms. The van der Waals surface area contributed by atoms with E-state index in [4.69, 9.17) is 4.43 Å². The molecule has 5 nitrogen and oxygen atoms in total. The number of hydrogen-bond acceptors (Lipinski definition) is 3. The molecule has 1 N–H and O–H groups in total. The van der Waals surface area contributed by atoms with Crippen LogP contribution in [0.3, 0.4) is 0 Å². The molecule has 3 amide bonds. The van der Waals surface area contributed by atoms with Crippen LogP contribution in [0, 0.1) is 0 Å². The van der Waals surface area contributed by atoms with Crippen molar-refractivity contribution in [3.63, 3.8) is 0 Å². The van der Waals surface area contributed by atoms with Gasteiger partial charge in [-0.2, -0.15) is 0 Å². The molecule has 0 atom stereocenters. The minimum absolute atomic E-state index is 0.219. The van der Waals surface area contributed by atoms with Gasteiger partial charge in [0.15, 0.2) is 0 Å². The van der Waals surface area contributed by atoms with Crippen molar-refractivity contribution < 1.29 is 14.0 Å². The van der Waals surface area contributed by atoms with Gasteiger partial charge in [-0.25, -0.2) is 4.79 Å². The molecule has 0 aromatic carbocycles. The third kappa shape index (κ3) is 3.54. The van der Waals surface area contributed by atoms with E-state index in [1.165, 1.54) is 0 Å². The average Bonchev–Trinajstić information content (AvgIpc) is 2.39. The summed E-state index contributed by atoms with van der Waals surface area (Å²) >= 11 is 0. The average molecular weight is 256 g/mol. The van der Waals surface area contributed by atoms with E-state index >= 15 is 0 Å². The fourth-order valence-corrected chi connectivity index (χ4v) is 2.36. The van der Waals surface area contributed by atoms with Crippen molar-refractivity contribution in [2.24, 2.45) is 0 Å². The standard InChI is InChI=1S/C11H20N2O3Si/c1-8(2)16-17-7-5-6-13-10(15)12-9(14)11(13,3)4/h8H,5-7H2,1-4H3,(H,12,14,15). The van der Waals surface area contributed by atoms with Gasteiger partial charge in [0.25, 0.3) is 5.91 Å². The topological polar surface area (TPSA) is 58.6 Å². The van der Waals surface area contributed by atoms with Crippen LogP contribution < -0.4 is 5.32 Å². The number of rotatable bonds is 6. The zero-order valence-corrected chi connectivity index (χ0v) is 11.9. The number of nitrogens with one attached hydrogen (secondary N) is 1. The summed E-state index contributed by atoms with van der Waals surface area (Å²) in [6.45, 7) is 8.13. The Morgan fingerprint density at radius 2 is 2.06 bits per heavy atom. The lowest BCUT2D eigenvalue weighted by Crippen LogP contribution is -2.44. The third-order valence-corrected chi connectivity index (χ3v) is 3.87. The summed E-state index contributed by atoms with van der Waals surface area (Å²) in [4.78, 5) is 24.6. The Morgan fingerprint density at radius 3 is 2.53 bits per heavy atom. The molecule has 6 heteroatoms. The second kappa shape index (κ2) is 5.64. The van der Waals surface area contributed by atoms with Gasteiger partial charge in [0.2, 0.25) is 9.76 Å². The molecule has 0 unspecified atom stereocenters. The normalized spacial score (nSPS) is 19.0. The maximum absolute atomic E-state index is 11.5. The van der Waals surface area contributed by atoms with E-state index in [9.17, 15) is 9.59 Å². The SMILES string of the molecule is CC(C)O[Si]CCCN1C(=O)NC(=O)C1(C)C. The van der Waals surface area contributed by atoms with E-state index in [2.05, 4.69) is 5.32 Å². The number of amides is 3. The second-order valence-corrected chi connectivity index (χ2v) is 5.91. The Kier molecular flexibility index (Phi) is 4.70. The molecule has 0 saturated carbocycles. The van der Waals surface area contributed by atoms with E-state index in [-0.39, 0.29) is 18.0 Å². The van der Waals surface area contributed by atoms with Gasteiger partial charge in [-0.1, -0.05) is 0 Å². The molecule has 1 aliphatic heterocycles. The Balaban J connectivity index is 2.31.